The van der Waals surface area contributed by atoms with Crippen LogP contribution in [0, 0.1) is 11.3 Å². The van der Waals surface area contributed by atoms with Gasteiger partial charge in [0.15, 0.2) is 5.78 Å². The van der Waals surface area contributed by atoms with Gasteiger partial charge in [-0.3, -0.25) is 9.59 Å². The lowest BCUT2D eigenvalue weighted by molar-refractivity contribution is -0.136. The number of halogens is 2. The molecule has 2 aliphatic carbocycles. The highest BCUT2D eigenvalue weighted by molar-refractivity contribution is 6.45. The van der Waals surface area contributed by atoms with Crippen molar-refractivity contribution in [1.82, 2.24) is 0 Å². The van der Waals surface area contributed by atoms with Crippen LogP contribution in [-0.4, -0.2) is 22.6 Å². The summed E-state index contributed by atoms with van der Waals surface area (Å²) in [6.07, 6.45) is 5.30. The third-order valence-corrected chi connectivity index (χ3v) is 6.86. The second kappa shape index (κ2) is 7.32. The summed E-state index contributed by atoms with van der Waals surface area (Å²) in [7, 11) is 0. The van der Waals surface area contributed by atoms with Gasteiger partial charge >= 0.3 is 5.97 Å². The van der Waals surface area contributed by atoms with E-state index in [1.54, 1.807) is 13.0 Å². The highest BCUT2D eigenvalue weighted by Gasteiger charge is 2.52. The molecule has 1 saturated carbocycles. The summed E-state index contributed by atoms with van der Waals surface area (Å²) in [5.41, 5.74) is 1.03. The Morgan fingerprint density at radius 3 is 2.46 bits per heavy atom. The first-order valence-corrected chi connectivity index (χ1v) is 9.77. The molecule has 3 rings (SSSR count). The number of benzene rings is 1. The largest absolute Gasteiger partial charge is 0.481 e. The fourth-order valence-corrected chi connectivity index (χ4v) is 5.24. The summed E-state index contributed by atoms with van der Waals surface area (Å²) in [6.45, 7) is 1.55. The number of hydrogen-bond acceptors (Lipinski definition) is 3. The molecule has 26 heavy (non-hydrogen) atoms. The molecule has 1 aromatic carbocycles. The van der Waals surface area contributed by atoms with Gasteiger partial charge in [-0.1, -0.05) is 42.1 Å². The third kappa shape index (κ3) is 3.29. The molecule has 140 valence electrons. The van der Waals surface area contributed by atoms with E-state index in [1.807, 2.05) is 0 Å². The lowest BCUT2D eigenvalue weighted by atomic mass is 9.68. The maximum Gasteiger partial charge on any atom is 0.307 e. The van der Waals surface area contributed by atoms with Gasteiger partial charge in [0.1, 0.15) is 5.78 Å². The van der Waals surface area contributed by atoms with Gasteiger partial charge in [-0.15, -0.1) is 0 Å². The molecule has 1 unspecified atom stereocenters. The predicted molar refractivity (Wildman–Crippen MR) is 100 cm³/mol. The number of carboxylic acids is 1. The number of fused-ring (bicyclic) bond motifs is 1. The number of ketones is 2. The van der Waals surface area contributed by atoms with Crippen molar-refractivity contribution in [3.63, 3.8) is 0 Å². The van der Waals surface area contributed by atoms with Crippen molar-refractivity contribution in [2.75, 3.05) is 0 Å². The van der Waals surface area contributed by atoms with Crippen molar-refractivity contribution >= 4 is 40.7 Å². The minimum atomic E-state index is -0.995. The van der Waals surface area contributed by atoms with Gasteiger partial charge in [-0.2, -0.15) is 0 Å². The van der Waals surface area contributed by atoms with Crippen molar-refractivity contribution in [2.24, 2.45) is 11.3 Å². The molecule has 4 nitrogen and oxygen atoms in total. The molecule has 0 aliphatic heterocycles. The zero-order valence-corrected chi connectivity index (χ0v) is 16.3. The molecular weight excluding hydrogens is 375 g/mol. The Hall–Kier alpha value is -1.39. The minimum Gasteiger partial charge on any atom is -0.481 e. The summed E-state index contributed by atoms with van der Waals surface area (Å²) in [4.78, 5) is 36.2. The molecule has 1 atom stereocenters. The maximum absolute atomic E-state index is 13.5. The Balaban J connectivity index is 2.06. The first-order valence-electron chi connectivity index (χ1n) is 9.02. The molecule has 0 bridgehead atoms. The quantitative estimate of drug-likeness (QED) is 0.741. The number of hydrogen-bond donors (Lipinski definition) is 1. The molecular formula is C20H22Cl2O4. The van der Waals surface area contributed by atoms with Crippen molar-refractivity contribution in [2.45, 2.75) is 58.3 Å². The van der Waals surface area contributed by atoms with Gasteiger partial charge in [0.2, 0.25) is 0 Å². The minimum absolute atomic E-state index is 0.0191. The highest BCUT2D eigenvalue weighted by atomic mass is 35.5. The van der Waals surface area contributed by atoms with Gasteiger partial charge in [0.05, 0.1) is 16.5 Å². The van der Waals surface area contributed by atoms with E-state index in [0.717, 1.165) is 31.2 Å². The van der Waals surface area contributed by atoms with Crippen LogP contribution >= 0.6 is 23.2 Å². The normalized spacial score (nSPS) is 22.7. The van der Waals surface area contributed by atoms with Crippen LogP contribution in [-0.2, 0) is 22.4 Å². The van der Waals surface area contributed by atoms with Crippen LogP contribution in [0.3, 0.4) is 0 Å². The Morgan fingerprint density at radius 2 is 1.88 bits per heavy atom. The summed E-state index contributed by atoms with van der Waals surface area (Å²) in [5.74, 6) is -0.707. The Morgan fingerprint density at radius 1 is 1.23 bits per heavy atom. The number of carboxylic acid groups (broad SMARTS) is 1. The molecule has 0 spiro atoms. The van der Waals surface area contributed by atoms with E-state index in [2.05, 4.69) is 0 Å². The monoisotopic (exact) mass is 396 g/mol. The zero-order valence-electron chi connectivity index (χ0n) is 14.7. The van der Waals surface area contributed by atoms with Gasteiger partial charge in [0, 0.05) is 17.4 Å². The van der Waals surface area contributed by atoms with Crippen LogP contribution in [0.4, 0.5) is 0 Å². The lowest BCUT2D eigenvalue weighted by Gasteiger charge is -2.33. The second-order valence-electron chi connectivity index (χ2n) is 7.61. The Labute approximate surface area is 162 Å². The maximum atomic E-state index is 13.5. The molecule has 0 aromatic heterocycles. The van der Waals surface area contributed by atoms with Crippen LogP contribution in [0.15, 0.2) is 6.07 Å². The Kier molecular flexibility index (Phi) is 5.45. The Bertz CT molecular complexity index is 781. The predicted octanol–water partition coefficient (Wildman–Crippen LogP) is 4.91. The van der Waals surface area contributed by atoms with Gasteiger partial charge in [-0.25, -0.2) is 0 Å². The van der Waals surface area contributed by atoms with Crippen molar-refractivity contribution < 1.29 is 19.5 Å². The standard InChI is InChI=1S/C20H22Cl2O4/c1-11(23)6-7-20(14-4-2-3-5-14)10-13-8-12(9-15(24)25)17(21)18(22)16(13)19(20)26/h8,14H,2-7,9-10H2,1H3,(H,24,25). The average molecular weight is 397 g/mol. The van der Waals surface area contributed by atoms with Crippen LogP contribution in [0.5, 0.6) is 0 Å². The number of Topliss-reactive ketones (excluding diaryl/α,β-unsaturated/α-hetero) is 2. The van der Waals surface area contributed by atoms with Crippen molar-refractivity contribution in [3.8, 4) is 0 Å². The van der Waals surface area contributed by atoms with Gasteiger partial charge in [0.25, 0.3) is 0 Å². The van der Waals surface area contributed by atoms with E-state index in [0.29, 0.717) is 30.4 Å². The van der Waals surface area contributed by atoms with Gasteiger partial charge in [-0.05, 0) is 49.7 Å². The van der Waals surface area contributed by atoms with Gasteiger partial charge < -0.3 is 9.90 Å². The van der Waals surface area contributed by atoms with Crippen LogP contribution < -0.4 is 0 Å². The van der Waals surface area contributed by atoms with E-state index < -0.39 is 11.4 Å². The first-order chi connectivity index (χ1) is 12.3. The molecule has 0 saturated heterocycles. The summed E-state index contributed by atoms with van der Waals surface area (Å²) < 4.78 is 0. The zero-order chi connectivity index (χ0) is 19.1. The summed E-state index contributed by atoms with van der Waals surface area (Å²) in [5, 5.41) is 9.41. The first kappa shape index (κ1) is 19.4. The molecule has 1 N–H and O–H groups in total. The third-order valence-electron chi connectivity index (χ3n) is 5.95. The molecule has 1 fully saturated rings. The fraction of sp³-hybridized carbons (Fsp3) is 0.550. The van der Waals surface area contributed by atoms with E-state index >= 15 is 0 Å². The van der Waals surface area contributed by atoms with E-state index in [1.165, 1.54) is 0 Å². The molecule has 0 radical (unpaired) electrons. The SMILES string of the molecule is CC(=O)CCC1(C2CCCC2)Cc2cc(CC(=O)O)c(Cl)c(Cl)c2C1=O. The lowest BCUT2D eigenvalue weighted by Crippen LogP contribution is -2.36. The number of carbonyl (C=O) groups is 3. The van der Waals surface area contributed by atoms with Crippen molar-refractivity contribution in [3.05, 3.63) is 32.8 Å². The number of carbonyl (C=O) groups excluding carboxylic acids is 2. The van der Waals surface area contributed by atoms with Crippen LogP contribution in [0.25, 0.3) is 0 Å². The van der Waals surface area contributed by atoms with E-state index in [4.69, 9.17) is 28.3 Å². The highest BCUT2D eigenvalue weighted by Crippen LogP contribution is 2.54. The fourth-order valence-electron chi connectivity index (χ4n) is 4.70. The summed E-state index contributed by atoms with van der Waals surface area (Å²) >= 11 is 12.7. The average Bonchev–Trinajstić information content (AvgIpc) is 3.18. The smallest absolute Gasteiger partial charge is 0.307 e. The topological polar surface area (TPSA) is 71.4 Å². The van der Waals surface area contributed by atoms with Crippen LogP contribution in [0.1, 0.15) is 66.9 Å². The van der Waals surface area contributed by atoms with E-state index in [9.17, 15) is 14.4 Å². The molecule has 0 amide bonds. The van der Waals surface area contributed by atoms with Crippen molar-refractivity contribution in [1.29, 1.82) is 0 Å². The molecule has 0 heterocycles. The molecule has 2 aliphatic rings. The van der Waals surface area contributed by atoms with E-state index in [-0.39, 0.29) is 34.0 Å². The molecule has 6 heteroatoms. The molecule has 1 aromatic rings. The second-order valence-corrected chi connectivity index (χ2v) is 8.37. The number of aliphatic carboxylic acids is 1. The number of rotatable bonds is 6. The summed E-state index contributed by atoms with van der Waals surface area (Å²) in [6, 6.07) is 1.72. The van der Waals surface area contributed by atoms with Crippen LogP contribution in [0.2, 0.25) is 10.0 Å².